The van der Waals surface area contributed by atoms with E-state index in [1.54, 1.807) is 0 Å². The average Bonchev–Trinajstić information content (AvgIpc) is 1.99. The van der Waals surface area contributed by atoms with Crippen LogP contribution in [-0.4, -0.2) is 16.5 Å². The molecule has 4 heteroatoms. The molecule has 0 saturated carbocycles. The van der Waals surface area contributed by atoms with Gasteiger partial charge in [0.25, 0.3) is 0 Å². The number of ether oxygens (including phenoxy) is 1. The molecule has 0 aromatic carbocycles. The number of aldehydes is 1. The largest absolute Gasteiger partial charge is 0.508 e. The molecule has 0 bridgehead atoms. The summed E-state index contributed by atoms with van der Waals surface area (Å²) in [6.07, 6.45) is 1.49. The summed E-state index contributed by atoms with van der Waals surface area (Å²) in [5.74, 6) is -1.23. The molecule has 1 heterocycles. The van der Waals surface area contributed by atoms with E-state index < -0.39 is 5.92 Å². The molecule has 1 unspecified atom stereocenters. The summed E-state index contributed by atoms with van der Waals surface area (Å²) >= 11 is 0. The Morgan fingerprint density at radius 3 is 2.73 bits per heavy atom. The number of carbonyl (C=O) groups is 1. The minimum absolute atomic E-state index is 0.236. The lowest BCUT2D eigenvalue weighted by Gasteiger charge is -2.16. The van der Waals surface area contributed by atoms with Crippen LogP contribution in [0.1, 0.15) is 6.92 Å². The summed E-state index contributed by atoms with van der Waals surface area (Å²) in [4.78, 5) is 10.3. The second-order valence-corrected chi connectivity index (χ2v) is 2.22. The molecule has 0 aromatic rings. The molecule has 1 aliphatic rings. The summed E-state index contributed by atoms with van der Waals surface area (Å²) < 4.78 is 4.69. The van der Waals surface area contributed by atoms with Crippen molar-refractivity contribution in [3.63, 3.8) is 0 Å². The number of hydrogen-bond donors (Lipinski definition) is 2. The van der Waals surface area contributed by atoms with Crippen LogP contribution in [0.15, 0.2) is 23.5 Å². The zero-order valence-corrected chi connectivity index (χ0v) is 5.94. The molecule has 0 amide bonds. The maximum absolute atomic E-state index is 10.3. The van der Waals surface area contributed by atoms with Gasteiger partial charge in [-0.25, -0.2) is 0 Å². The van der Waals surface area contributed by atoms with Crippen molar-refractivity contribution in [3.8, 4) is 0 Å². The highest BCUT2D eigenvalue weighted by Crippen LogP contribution is 2.23. The van der Waals surface area contributed by atoms with Crippen LogP contribution >= 0.6 is 0 Å². The van der Waals surface area contributed by atoms with Crippen LogP contribution < -0.4 is 0 Å². The van der Waals surface area contributed by atoms with E-state index in [0.29, 0.717) is 6.29 Å². The predicted octanol–water partition coefficient (Wildman–Crippen LogP) is 1.02. The number of rotatable bonds is 1. The highest BCUT2D eigenvalue weighted by Gasteiger charge is 2.24. The first kappa shape index (κ1) is 7.65. The van der Waals surface area contributed by atoms with Gasteiger partial charge in [-0.1, -0.05) is 0 Å². The van der Waals surface area contributed by atoms with Gasteiger partial charge < -0.3 is 19.7 Å². The van der Waals surface area contributed by atoms with Crippen molar-refractivity contribution >= 4 is 6.29 Å². The van der Waals surface area contributed by atoms with Gasteiger partial charge in [-0.2, -0.15) is 0 Å². The Bertz CT molecular complexity index is 239. The molecule has 0 aromatic heterocycles. The lowest BCUT2D eigenvalue weighted by molar-refractivity contribution is -0.111. The molecular weight excluding hydrogens is 148 g/mol. The molecule has 11 heavy (non-hydrogen) atoms. The van der Waals surface area contributed by atoms with E-state index in [0.717, 1.165) is 6.26 Å². The SMILES string of the molecule is CC1=C(O)C(C=O)C(O)=CO1. The van der Waals surface area contributed by atoms with E-state index >= 15 is 0 Å². The fraction of sp³-hybridized carbons (Fsp3) is 0.286. The van der Waals surface area contributed by atoms with E-state index in [9.17, 15) is 4.79 Å². The monoisotopic (exact) mass is 156 g/mol. The fourth-order valence-electron chi connectivity index (χ4n) is 0.776. The summed E-state index contributed by atoms with van der Waals surface area (Å²) in [7, 11) is 0. The third-order valence-electron chi connectivity index (χ3n) is 1.47. The van der Waals surface area contributed by atoms with Gasteiger partial charge in [0.05, 0.1) is 0 Å². The Hall–Kier alpha value is -1.45. The fourth-order valence-corrected chi connectivity index (χ4v) is 0.776. The number of aliphatic hydroxyl groups is 2. The molecule has 0 aliphatic carbocycles. The van der Waals surface area contributed by atoms with Crippen molar-refractivity contribution < 1.29 is 19.7 Å². The van der Waals surface area contributed by atoms with Gasteiger partial charge >= 0.3 is 0 Å². The Labute approximate surface area is 63.4 Å². The van der Waals surface area contributed by atoms with E-state index in [4.69, 9.17) is 14.9 Å². The first-order chi connectivity index (χ1) is 5.16. The third-order valence-corrected chi connectivity index (χ3v) is 1.47. The Balaban J connectivity index is 2.95. The van der Waals surface area contributed by atoms with Gasteiger partial charge in [0.15, 0.2) is 0 Å². The highest BCUT2D eigenvalue weighted by atomic mass is 16.5. The molecule has 0 saturated heterocycles. The summed E-state index contributed by atoms with van der Waals surface area (Å²) in [6.45, 7) is 1.51. The highest BCUT2D eigenvalue weighted by molar-refractivity contribution is 5.62. The van der Waals surface area contributed by atoms with E-state index in [1.165, 1.54) is 6.92 Å². The zero-order chi connectivity index (χ0) is 8.43. The van der Waals surface area contributed by atoms with Crippen LogP contribution in [0.2, 0.25) is 0 Å². The standard InChI is InChI=1S/C7H8O4/c1-4-7(10)5(2-8)6(9)3-11-4/h2-3,5,9-10H,1H3. The first-order valence-electron chi connectivity index (χ1n) is 3.07. The van der Waals surface area contributed by atoms with Gasteiger partial charge in [-0.05, 0) is 6.92 Å². The minimum atomic E-state index is -0.955. The lowest BCUT2D eigenvalue weighted by Crippen LogP contribution is -2.15. The Morgan fingerprint density at radius 2 is 2.27 bits per heavy atom. The Morgan fingerprint density at radius 1 is 1.64 bits per heavy atom. The van der Waals surface area contributed by atoms with Crippen LogP contribution in [-0.2, 0) is 9.53 Å². The molecule has 0 radical (unpaired) electrons. The van der Waals surface area contributed by atoms with Gasteiger partial charge in [-0.15, -0.1) is 0 Å². The second-order valence-electron chi connectivity index (χ2n) is 2.22. The predicted molar refractivity (Wildman–Crippen MR) is 36.7 cm³/mol. The quantitative estimate of drug-likeness (QED) is 0.556. The lowest BCUT2D eigenvalue weighted by atomic mass is 10.1. The van der Waals surface area contributed by atoms with Crippen molar-refractivity contribution in [1.29, 1.82) is 0 Å². The van der Waals surface area contributed by atoms with E-state index in [2.05, 4.69) is 0 Å². The zero-order valence-electron chi connectivity index (χ0n) is 5.94. The molecule has 4 nitrogen and oxygen atoms in total. The van der Waals surface area contributed by atoms with E-state index in [-0.39, 0.29) is 17.3 Å². The Kier molecular flexibility index (Phi) is 1.85. The second kappa shape index (κ2) is 2.65. The van der Waals surface area contributed by atoms with E-state index in [1.807, 2.05) is 0 Å². The van der Waals surface area contributed by atoms with Crippen LogP contribution in [0.25, 0.3) is 0 Å². The van der Waals surface area contributed by atoms with Crippen LogP contribution in [0.4, 0.5) is 0 Å². The number of carbonyl (C=O) groups excluding carboxylic acids is 1. The number of hydrogen-bond acceptors (Lipinski definition) is 4. The van der Waals surface area contributed by atoms with Crippen molar-refractivity contribution in [2.24, 2.45) is 5.92 Å². The van der Waals surface area contributed by atoms with Crippen molar-refractivity contribution in [2.75, 3.05) is 0 Å². The molecule has 0 spiro atoms. The van der Waals surface area contributed by atoms with Gasteiger partial charge in [-0.3, -0.25) is 0 Å². The normalized spacial score (nSPS) is 24.1. The van der Waals surface area contributed by atoms with Crippen LogP contribution in [0.3, 0.4) is 0 Å². The molecule has 1 atom stereocenters. The number of allylic oxidation sites excluding steroid dienone is 1. The molecule has 2 N–H and O–H groups in total. The molecule has 0 fully saturated rings. The minimum Gasteiger partial charge on any atom is -0.508 e. The molecule has 1 aliphatic heterocycles. The van der Waals surface area contributed by atoms with Crippen molar-refractivity contribution in [2.45, 2.75) is 6.92 Å². The summed E-state index contributed by atoms with van der Waals surface area (Å²) in [5.41, 5.74) is 0. The van der Waals surface area contributed by atoms with Crippen molar-refractivity contribution in [1.82, 2.24) is 0 Å². The number of aliphatic hydroxyl groups excluding tert-OH is 2. The molecule has 60 valence electrons. The van der Waals surface area contributed by atoms with Crippen LogP contribution in [0.5, 0.6) is 0 Å². The van der Waals surface area contributed by atoms with Gasteiger partial charge in [0, 0.05) is 0 Å². The van der Waals surface area contributed by atoms with Gasteiger partial charge in [0.2, 0.25) is 0 Å². The first-order valence-corrected chi connectivity index (χ1v) is 3.07. The third kappa shape index (κ3) is 1.19. The van der Waals surface area contributed by atoms with Gasteiger partial charge in [0.1, 0.15) is 35.7 Å². The molecular formula is C7H8O4. The topological polar surface area (TPSA) is 66.8 Å². The summed E-state index contributed by atoms with van der Waals surface area (Å²) in [5, 5.41) is 18.1. The maximum atomic E-state index is 10.3. The maximum Gasteiger partial charge on any atom is 0.148 e. The molecule has 1 rings (SSSR count). The van der Waals surface area contributed by atoms with Crippen LogP contribution in [0, 0.1) is 5.92 Å². The average molecular weight is 156 g/mol. The smallest absolute Gasteiger partial charge is 0.148 e. The van der Waals surface area contributed by atoms with Crippen molar-refractivity contribution in [3.05, 3.63) is 23.5 Å². The summed E-state index contributed by atoms with van der Waals surface area (Å²) in [6, 6.07) is 0.